The molecule has 0 fully saturated rings. The van der Waals surface area contributed by atoms with Crippen molar-refractivity contribution in [3.05, 3.63) is 55.5 Å². The lowest BCUT2D eigenvalue weighted by Crippen LogP contribution is -2.19. The van der Waals surface area contributed by atoms with Crippen molar-refractivity contribution in [1.29, 1.82) is 0 Å². The van der Waals surface area contributed by atoms with Crippen molar-refractivity contribution in [2.24, 2.45) is 0 Å². The van der Waals surface area contributed by atoms with Crippen molar-refractivity contribution in [3.63, 3.8) is 0 Å². The second kappa shape index (κ2) is 8.07. The molecule has 0 aliphatic rings. The molecule has 0 bridgehead atoms. The van der Waals surface area contributed by atoms with Gasteiger partial charge in [-0.1, -0.05) is 95.2 Å². The average Bonchev–Trinajstić information content (AvgIpc) is 2.51. The molecule has 2 heteroatoms. The van der Waals surface area contributed by atoms with Gasteiger partial charge in [-0.2, -0.15) is 0 Å². The maximum Gasteiger partial charge on any atom is 0.0291 e. The summed E-state index contributed by atoms with van der Waals surface area (Å²) in [6, 6.07) is 9.55. The van der Waals surface area contributed by atoms with Gasteiger partial charge in [-0.05, 0) is 99.0 Å². The third kappa shape index (κ3) is 5.41. The highest BCUT2D eigenvalue weighted by atomic mass is 79.9. The summed E-state index contributed by atoms with van der Waals surface area (Å²) in [5.74, 6) is 0. The molecule has 0 aliphatic carbocycles. The molecule has 0 amide bonds. The van der Waals surface area contributed by atoms with Crippen LogP contribution in [0.2, 0.25) is 0 Å². The molecule has 0 saturated heterocycles. The van der Waals surface area contributed by atoms with E-state index in [2.05, 4.69) is 139 Å². The van der Waals surface area contributed by atoms with Gasteiger partial charge in [-0.15, -0.1) is 0 Å². The first-order valence-corrected chi connectivity index (χ1v) is 12.5. The lowest BCUT2D eigenvalue weighted by molar-refractivity contribution is 0.564. The smallest absolute Gasteiger partial charge is 0.0291 e. The molecule has 0 nitrogen and oxygen atoms in total. The van der Waals surface area contributed by atoms with Crippen molar-refractivity contribution >= 4 is 31.9 Å². The maximum absolute atomic E-state index is 4.02. The molecule has 2 aromatic rings. The van der Waals surface area contributed by atoms with Crippen molar-refractivity contribution in [3.8, 4) is 11.1 Å². The van der Waals surface area contributed by atoms with Crippen LogP contribution in [0.25, 0.3) is 11.1 Å². The van der Waals surface area contributed by atoms with Crippen LogP contribution >= 0.6 is 31.9 Å². The minimum Gasteiger partial charge on any atom is -0.0561 e. The molecule has 0 unspecified atom stereocenters. The molecule has 0 radical (unpaired) electrons. The Balaban J connectivity index is 3.03. The zero-order valence-corrected chi connectivity index (χ0v) is 24.2. The van der Waals surface area contributed by atoms with Crippen LogP contribution in [0.1, 0.15) is 105 Å². The number of hydrogen-bond donors (Lipinski definition) is 0. The fourth-order valence-electron chi connectivity index (χ4n) is 3.60. The molecule has 0 saturated carbocycles. The van der Waals surface area contributed by atoms with E-state index < -0.39 is 0 Å². The molecular formula is C28H40Br2. The van der Waals surface area contributed by atoms with Gasteiger partial charge in [0.05, 0.1) is 0 Å². The fraction of sp³-hybridized carbons (Fsp3) is 0.571. The average molecular weight is 536 g/mol. The van der Waals surface area contributed by atoms with Gasteiger partial charge >= 0.3 is 0 Å². The number of halogens is 2. The predicted molar refractivity (Wildman–Crippen MR) is 142 cm³/mol. The van der Waals surface area contributed by atoms with E-state index in [4.69, 9.17) is 0 Å². The fourth-order valence-corrected chi connectivity index (χ4v) is 5.67. The van der Waals surface area contributed by atoms with Crippen LogP contribution in [-0.2, 0) is 21.7 Å². The molecule has 0 N–H and O–H groups in total. The Morgan fingerprint density at radius 3 is 0.900 bits per heavy atom. The predicted octanol–water partition coefficient (Wildman–Crippen LogP) is 10.1. The zero-order valence-electron chi connectivity index (χ0n) is 21.1. The highest BCUT2D eigenvalue weighted by Gasteiger charge is 2.28. The second-order valence-corrected chi connectivity index (χ2v) is 14.4. The van der Waals surface area contributed by atoms with Gasteiger partial charge in [-0.25, -0.2) is 0 Å². The molecule has 0 aliphatic heterocycles. The first-order chi connectivity index (χ1) is 13.2. The largest absolute Gasteiger partial charge is 0.0561 e. The number of rotatable bonds is 1. The Kier molecular flexibility index (Phi) is 6.90. The van der Waals surface area contributed by atoms with Gasteiger partial charge in [-0.3, -0.25) is 0 Å². The molecule has 30 heavy (non-hydrogen) atoms. The molecule has 166 valence electrons. The van der Waals surface area contributed by atoms with Crippen molar-refractivity contribution < 1.29 is 0 Å². The van der Waals surface area contributed by atoms with Gasteiger partial charge in [0.1, 0.15) is 0 Å². The summed E-state index contributed by atoms with van der Waals surface area (Å²) in [7, 11) is 0. The molecule has 0 spiro atoms. The van der Waals surface area contributed by atoms with E-state index in [-0.39, 0.29) is 21.7 Å². The summed E-state index contributed by atoms with van der Waals surface area (Å²) < 4.78 is 2.41. The van der Waals surface area contributed by atoms with E-state index in [1.165, 1.54) is 42.3 Å². The summed E-state index contributed by atoms with van der Waals surface area (Å²) in [4.78, 5) is 0. The highest BCUT2D eigenvalue weighted by Crippen LogP contribution is 2.46. The van der Waals surface area contributed by atoms with Gasteiger partial charge < -0.3 is 0 Å². The van der Waals surface area contributed by atoms with E-state index in [1.807, 2.05) is 0 Å². The molecule has 0 aromatic heterocycles. The van der Waals surface area contributed by atoms with Crippen LogP contribution < -0.4 is 0 Å². The van der Waals surface area contributed by atoms with E-state index >= 15 is 0 Å². The summed E-state index contributed by atoms with van der Waals surface area (Å²) in [6.07, 6.45) is 0. The number of benzene rings is 2. The van der Waals surface area contributed by atoms with Crippen LogP contribution in [0, 0.1) is 0 Å². The molecule has 2 aromatic carbocycles. The van der Waals surface area contributed by atoms with Crippen LogP contribution in [-0.4, -0.2) is 0 Å². The first kappa shape index (κ1) is 25.7. The lowest BCUT2D eigenvalue weighted by atomic mass is 9.76. The van der Waals surface area contributed by atoms with Gasteiger partial charge in [0.2, 0.25) is 0 Å². The van der Waals surface area contributed by atoms with Gasteiger partial charge in [0.15, 0.2) is 0 Å². The van der Waals surface area contributed by atoms with Crippen molar-refractivity contribution in [2.75, 3.05) is 0 Å². The summed E-state index contributed by atoms with van der Waals surface area (Å²) in [5.41, 5.74) is 8.27. The molecule has 0 heterocycles. The first-order valence-electron chi connectivity index (χ1n) is 10.9. The maximum atomic E-state index is 4.02. The highest BCUT2D eigenvalue weighted by molar-refractivity contribution is 9.11. The van der Waals surface area contributed by atoms with Gasteiger partial charge in [0.25, 0.3) is 0 Å². The van der Waals surface area contributed by atoms with E-state index in [1.54, 1.807) is 0 Å². The van der Waals surface area contributed by atoms with Gasteiger partial charge in [0, 0.05) is 8.95 Å². The summed E-state index contributed by atoms with van der Waals surface area (Å²) in [5, 5.41) is 0. The Hall–Kier alpha value is -0.600. The Morgan fingerprint density at radius 1 is 0.433 bits per heavy atom. The monoisotopic (exact) mass is 534 g/mol. The molecule has 2 rings (SSSR count). The van der Waals surface area contributed by atoms with Crippen LogP contribution in [0.3, 0.4) is 0 Å². The van der Waals surface area contributed by atoms with Crippen molar-refractivity contribution in [2.45, 2.75) is 105 Å². The molecule has 0 atom stereocenters. The second-order valence-electron chi connectivity index (χ2n) is 12.8. The Labute approximate surface area is 202 Å². The SMILES string of the molecule is CC(C)(C)c1cc(-c2cc(C(C)(C)C)cc(C(C)(C)C)c2Br)c(Br)c(C(C)(C)C)c1. The van der Waals surface area contributed by atoms with Crippen LogP contribution in [0.5, 0.6) is 0 Å². The summed E-state index contributed by atoms with van der Waals surface area (Å²) in [6.45, 7) is 27.6. The minimum atomic E-state index is 0.0514. The topological polar surface area (TPSA) is 0 Å². The van der Waals surface area contributed by atoms with Crippen molar-refractivity contribution in [1.82, 2.24) is 0 Å². The van der Waals surface area contributed by atoms with E-state index in [9.17, 15) is 0 Å². The summed E-state index contributed by atoms with van der Waals surface area (Å²) >= 11 is 8.04. The number of hydrogen-bond acceptors (Lipinski definition) is 0. The van der Waals surface area contributed by atoms with Crippen LogP contribution in [0.4, 0.5) is 0 Å². The third-order valence-corrected chi connectivity index (χ3v) is 7.49. The minimum absolute atomic E-state index is 0.0514. The lowest BCUT2D eigenvalue weighted by Gasteiger charge is -2.31. The van der Waals surface area contributed by atoms with Crippen LogP contribution in [0.15, 0.2) is 33.2 Å². The third-order valence-electron chi connectivity index (χ3n) is 5.78. The standard InChI is InChI=1S/C28H40Br2/c1-25(2,3)17-13-19(23(29)21(15-17)27(7,8)9)20-14-18(26(4,5)6)16-22(24(20)30)28(10,11)12/h13-16H,1-12H3. The Morgan fingerprint density at radius 2 is 0.700 bits per heavy atom. The zero-order chi connectivity index (χ0) is 23.4. The van der Waals surface area contributed by atoms with E-state index in [0.29, 0.717) is 0 Å². The normalized spacial score (nSPS) is 13.7. The van der Waals surface area contributed by atoms with E-state index in [0.717, 1.165) is 0 Å². The Bertz CT molecular complexity index is 858. The quantitative estimate of drug-likeness (QED) is 0.340. The molecular weight excluding hydrogens is 496 g/mol.